The number of aryl methyl sites for hydroxylation is 1. The second-order valence-corrected chi connectivity index (χ2v) is 7.81. The molecule has 0 spiro atoms. The molecule has 6 heteroatoms. The van der Waals surface area contributed by atoms with E-state index in [1.54, 1.807) is 19.9 Å². The number of thiazole rings is 1. The highest BCUT2D eigenvalue weighted by Crippen LogP contribution is 2.36. The summed E-state index contributed by atoms with van der Waals surface area (Å²) in [4.78, 5) is 17.1. The van der Waals surface area contributed by atoms with Crippen LogP contribution >= 0.6 is 11.3 Å². The Bertz CT molecular complexity index is 1200. The van der Waals surface area contributed by atoms with Gasteiger partial charge < -0.3 is 14.6 Å². The first-order chi connectivity index (χ1) is 14.5. The average Bonchev–Trinajstić information content (AvgIpc) is 3.15. The number of phenols is 1. The van der Waals surface area contributed by atoms with E-state index in [1.165, 1.54) is 11.3 Å². The summed E-state index contributed by atoms with van der Waals surface area (Å²) in [6.45, 7) is 4.33. The fourth-order valence-corrected chi connectivity index (χ4v) is 4.14. The maximum absolute atomic E-state index is 12.1. The number of fused-ring (bicyclic) bond motifs is 1. The SMILES string of the molecule is CCOC(=O)c1sc(-c2cc(O)c3ccc(OCc4ccccc4)cc3c2)nc1C. The third-order valence-electron chi connectivity index (χ3n) is 4.65. The van der Waals surface area contributed by atoms with Crippen LogP contribution in [0.3, 0.4) is 0 Å². The van der Waals surface area contributed by atoms with Crippen molar-refractivity contribution in [3.63, 3.8) is 0 Å². The summed E-state index contributed by atoms with van der Waals surface area (Å²) in [6, 6.07) is 19.1. The second kappa shape index (κ2) is 8.55. The normalized spacial score (nSPS) is 10.9. The molecule has 30 heavy (non-hydrogen) atoms. The van der Waals surface area contributed by atoms with Gasteiger partial charge in [0.25, 0.3) is 0 Å². The molecule has 1 heterocycles. The van der Waals surface area contributed by atoms with Gasteiger partial charge in [0.1, 0.15) is 28.0 Å². The minimum atomic E-state index is -0.375. The first-order valence-corrected chi connectivity index (χ1v) is 10.4. The number of rotatable bonds is 6. The third-order valence-corrected chi connectivity index (χ3v) is 5.84. The van der Waals surface area contributed by atoms with E-state index in [4.69, 9.17) is 9.47 Å². The third kappa shape index (κ3) is 4.14. The summed E-state index contributed by atoms with van der Waals surface area (Å²) in [5.41, 5.74) is 2.44. The Morgan fingerprint density at radius 2 is 1.90 bits per heavy atom. The van der Waals surface area contributed by atoms with Crippen LogP contribution in [0.1, 0.15) is 27.9 Å². The number of hydrogen-bond donors (Lipinski definition) is 1. The molecule has 1 aromatic heterocycles. The second-order valence-electron chi connectivity index (χ2n) is 6.81. The molecule has 0 saturated heterocycles. The van der Waals surface area contributed by atoms with Crippen molar-refractivity contribution >= 4 is 28.1 Å². The molecular formula is C24H21NO4S. The smallest absolute Gasteiger partial charge is 0.350 e. The molecule has 0 fully saturated rings. The van der Waals surface area contributed by atoms with Gasteiger partial charge in [-0.25, -0.2) is 9.78 Å². The van der Waals surface area contributed by atoms with Crippen molar-refractivity contribution in [3.05, 3.63) is 76.8 Å². The zero-order chi connectivity index (χ0) is 21.1. The highest BCUT2D eigenvalue weighted by Gasteiger charge is 2.18. The number of esters is 1. The van der Waals surface area contributed by atoms with E-state index >= 15 is 0 Å². The van der Waals surface area contributed by atoms with Crippen LogP contribution in [0.15, 0.2) is 60.7 Å². The average molecular weight is 420 g/mol. The molecule has 0 amide bonds. The molecule has 0 saturated carbocycles. The summed E-state index contributed by atoms with van der Waals surface area (Å²) in [6.07, 6.45) is 0. The van der Waals surface area contributed by atoms with E-state index in [2.05, 4.69) is 4.98 Å². The van der Waals surface area contributed by atoms with Crippen molar-refractivity contribution in [3.8, 4) is 22.1 Å². The standard InChI is InChI=1S/C24H21NO4S/c1-3-28-24(27)22-15(2)25-23(30-22)18-11-17-12-19(9-10-20(17)21(26)13-18)29-14-16-7-5-4-6-8-16/h4-13,26H,3,14H2,1-2H3. The Labute approximate surface area is 178 Å². The lowest BCUT2D eigenvalue weighted by atomic mass is 10.1. The Morgan fingerprint density at radius 1 is 1.10 bits per heavy atom. The predicted octanol–water partition coefficient (Wildman–Crippen LogP) is 5.73. The largest absolute Gasteiger partial charge is 0.507 e. The fourth-order valence-electron chi connectivity index (χ4n) is 3.19. The molecule has 0 bridgehead atoms. The first kappa shape index (κ1) is 19.9. The quantitative estimate of drug-likeness (QED) is 0.404. The van der Waals surface area contributed by atoms with E-state index in [0.29, 0.717) is 34.5 Å². The van der Waals surface area contributed by atoms with Crippen molar-refractivity contribution in [1.29, 1.82) is 0 Å². The summed E-state index contributed by atoms with van der Waals surface area (Å²) >= 11 is 1.26. The van der Waals surface area contributed by atoms with E-state index in [1.807, 2.05) is 54.6 Å². The highest BCUT2D eigenvalue weighted by molar-refractivity contribution is 7.17. The van der Waals surface area contributed by atoms with Crippen LogP contribution in [0.5, 0.6) is 11.5 Å². The van der Waals surface area contributed by atoms with E-state index in [0.717, 1.165) is 21.9 Å². The van der Waals surface area contributed by atoms with Crippen LogP contribution in [-0.2, 0) is 11.3 Å². The molecule has 0 aliphatic rings. The van der Waals surface area contributed by atoms with Gasteiger partial charge in [0.2, 0.25) is 0 Å². The minimum absolute atomic E-state index is 0.155. The van der Waals surface area contributed by atoms with Gasteiger partial charge in [0.05, 0.1) is 12.3 Å². The zero-order valence-electron chi connectivity index (χ0n) is 16.7. The number of hydrogen-bond acceptors (Lipinski definition) is 6. The fraction of sp³-hybridized carbons (Fsp3) is 0.167. The van der Waals surface area contributed by atoms with Gasteiger partial charge in [-0.3, -0.25) is 0 Å². The van der Waals surface area contributed by atoms with Crippen molar-refractivity contribution in [2.75, 3.05) is 6.61 Å². The number of benzene rings is 3. The van der Waals surface area contributed by atoms with Crippen LogP contribution in [-0.4, -0.2) is 22.7 Å². The predicted molar refractivity (Wildman–Crippen MR) is 118 cm³/mol. The summed E-state index contributed by atoms with van der Waals surface area (Å²) in [5, 5.41) is 12.7. The maximum atomic E-state index is 12.1. The number of nitrogens with zero attached hydrogens (tertiary/aromatic N) is 1. The topological polar surface area (TPSA) is 68.7 Å². The highest BCUT2D eigenvalue weighted by atomic mass is 32.1. The molecule has 0 radical (unpaired) electrons. The van der Waals surface area contributed by atoms with E-state index in [9.17, 15) is 9.90 Å². The lowest BCUT2D eigenvalue weighted by Crippen LogP contribution is -2.03. The molecule has 0 aliphatic carbocycles. The summed E-state index contributed by atoms with van der Waals surface area (Å²) in [5.74, 6) is 0.494. The van der Waals surface area contributed by atoms with Crippen molar-refractivity contribution in [1.82, 2.24) is 4.98 Å². The number of aromatic nitrogens is 1. The van der Waals surface area contributed by atoms with Crippen LogP contribution in [0.4, 0.5) is 0 Å². The lowest BCUT2D eigenvalue weighted by molar-refractivity contribution is 0.0531. The van der Waals surface area contributed by atoms with Gasteiger partial charge in [-0.2, -0.15) is 0 Å². The minimum Gasteiger partial charge on any atom is -0.507 e. The van der Waals surface area contributed by atoms with E-state index in [-0.39, 0.29) is 11.7 Å². The number of aromatic hydroxyl groups is 1. The van der Waals surface area contributed by atoms with Crippen molar-refractivity contribution in [2.24, 2.45) is 0 Å². The summed E-state index contributed by atoms with van der Waals surface area (Å²) in [7, 11) is 0. The molecule has 4 rings (SSSR count). The molecule has 5 nitrogen and oxygen atoms in total. The molecule has 152 valence electrons. The Balaban J connectivity index is 1.65. The number of ether oxygens (including phenoxy) is 2. The number of carbonyl (C=O) groups excluding carboxylic acids is 1. The number of carbonyl (C=O) groups is 1. The lowest BCUT2D eigenvalue weighted by Gasteiger charge is -2.09. The van der Waals surface area contributed by atoms with Gasteiger partial charge in [-0.1, -0.05) is 30.3 Å². The molecule has 1 N–H and O–H groups in total. The zero-order valence-corrected chi connectivity index (χ0v) is 17.5. The molecule has 4 aromatic rings. The van der Waals surface area contributed by atoms with Crippen LogP contribution in [0.2, 0.25) is 0 Å². The van der Waals surface area contributed by atoms with Crippen LogP contribution < -0.4 is 4.74 Å². The van der Waals surface area contributed by atoms with Crippen molar-refractivity contribution in [2.45, 2.75) is 20.5 Å². The Hall–Kier alpha value is -3.38. The Morgan fingerprint density at radius 3 is 2.67 bits per heavy atom. The summed E-state index contributed by atoms with van der Waals surface area (Å²) < 4.78 is 11.0. The molecule has 0 unspecified atom stereocenters. The first-order valence-electron chi connectivity index (χ1n) is 9.63. The van der Waals surface area contributed by atoms with Crippen LogP contribution in [0, 0.1) is 6.92 Å². The van der Waals surface area contributed by atoms with Gasteiger partial charge in [-0.05, 0) is 55.1 Å². The van der Waals surface area contributed by atoms with Gasteiger partial charge >= 0.3 is 5.97 Å². The maximum Gasteiger partial charge on any atom is 0.350 e. The van der Waals surface area contributed by atoms with Gasteiger partial charge in [0.15, 0.2) is 0 Å². The molecule has 0 atom stereocenters. The number of phenolic OH excluding ortho intramolecular Hbond substituents is 1. The molecular weight excluding hydrogens is 398 g/mol. The van der Waals surface area contributed by atoms with Gasteiger partial charge in [-0.15, -0.1) is 11.3 Å². The van der Waals surface area contributed by atoms with Gasteiger partial charge in [0, 0.05) is 10.9 Å². The monoisotopic (exact) mass is 419 g/mol. The van der Waals surface area contributed by atoms with E-state index < -0.39 is 0 Å². The Kier molecular flexibility index (Phi) is 5.68. The van der Waals surface area contributed by atoms with Crippen molar-refractivity contribution < 1.29 is 19.4 Å². The van der Waals surface area contributed by atoms with Crippen LogP contribution in [0.25, 0.3) is 21.3 Å². The molecule has 0 aliphatic heterocycles. The molecule has 3 aromatic carbocycles.